The monoisotopic (exact) mass is 241 g/mol. The average Bonchev–Trinajstić information content (AvgIpc) is 2.13. The standard InChI is InChI=1S/C9H10ClF3.CH5N/c1-3-4-8(7(2)10)5-6-9(11,12)13;1-2/h3-4H,1-2,5-6H2;2H2,1H3/b8-4-;. The number of nitrogens with two attached hydrogens (primary N) is 1. The lowest BCUT2D eigenvalue weighted by atomic mass is 10.1. The Morgan fingerprint density at radius 1 is 1.40 bits per heavy atom. The highest BCUT2D eigenvalue weighted by Crippen LogP contribution is 2.27. The molecule has 0 saturated heterocycles. The van der Waals surface area contributed by atoms with E-state index in [2.05, 4.69) is 18.9 Å². The summed E-state index contributed by atoms with van der Waals surface area (Å²) in [5.74, 6) is 0. The minimum absolute atomic E-state index is 0.129. The number of alkyl halides is 3. The Bertz CT molecular complexity index is 231. The van der Waals surface area contributed by atoms with Crippen LogP contribution in [0.2, 0.25) is 0 Å². The van der Waals surface area contributed by atoms with Gasteiger partial charge in [0.2, 0.25) is 0 Å². The second kappa shape index (κ2) is 8.56. The van der Waals surface area contributed by atoms with Crippen molar-refractivity contribution in [1.29, 1.82) is 0 Å². The van der Waals surface area contributed by atoms with Gasteiger partial charge in [-0.25, -0.2) is 0 Å². The van der Waals surface area contributed by atoms with Crippen LogP contribution in [0.1, 0.15) is 12.8 Å². The lowest BCUT2D eigenvalue weighted by molar-refractivity contribution is -0.133. The van der Waals surface area contributed by atoms with Gasteiger partial charge in [-0.1, -0.05) is 36.9 Å². The quantitative estimate of drug-likeness (QED) is 0.745. The van der Waals surface area contributed by atoms with Gasteiger partial charge in [0.05, 0.1) is 0 Å². The molecule has 0 unspecified atom stereocenters. The molecule has 1 nitrogen and oxygen atoms in total. The molecular weight excluding hydrogens is 227 g/mol. The van der Waals surface area contributed by atoms with E-state index in [4.69, 9.17) is 11.6 Å². The highest BCUT2D eigenvalue weighted by Gasteiger charge is 2.26. The minimum Gasteiger partial charge on any atom is -0.333 e. The summed E-state index contributed by atoms with van der Waals surface area (Å²) in [6.07, 6.45) is -2.39. The number of hydrogen-bond acceptors (Lipinski definition) is 1. The van der Waals surface area contributed by atoms with Crippen molar-refractivity contribution in [2.45, 2.75) is 19.0 Å². The summed E-state index contributed by atoms with van der Waals surface area (Å²) >= 11 is 5.47. The summed E-state index contributed by atoms with van der Waals surface area (Å²) in [6.45, 7) is 6.73. The summed E-state index contributed by atoms with van der Waals surface area (Å²) in [5, 5.41) is 0.129. The number of hydrogen-bond donors (Lipinski definition) is 1. The first-order chi connectivity index (χ1) is 6.87. The fourth-order valence-electron chi connectivity index (χ4n) is 0.728. The molecule has 15 heavy (non-hydrogen) atoms. The molecule has 0 aliphatic rings. The smallest absolute Gasteiger partial charge is 0.333 e. The molecule has 0 bridgehead atoms. The molecule has 88 valence electrons. The lowest BCUT2D eigenvalue weighted by Crippen LogP contribution is -2.07. The van der Waals surface area contributed by atoms with E-state index in [1.54, 1.807) is 0 Å². The van der Waals surface area contributed by atoms with E-state index in [1.165, 1.54) is 19.2 Å². The molecule has 0 fully saturated rings. The second-order valence-corrected chi connectivity index (χ2v) is 2.90. The Morgan fingerprint density at radius 3 is 2.13 bits per heavy atom. The van der Waals surface area contributed by atoms with Gasteiger partial charge in [0.15, 0.2) is 0 Å². The maximum Gasteiger partial charge on any atom is 0.389 e. The largest absolute Gasteiger partial charge is 0.389 e. The first-order valence-electron chi connectivity index (χ1n) is 4.17. The zero-order valence-electron chi connectivity index (χ0n) is 8.57. The second-order valence-electron chi connectivity index (χ2n) is 2.45. The first-order valence-corrected chi connectivity index (χ1v) is 4.55. The van der Waals surface area contributed by atoms with Crippen molar-refractivity contribution in [2.75, 3.05) is 7.05 Å². The third-order valence-electron chi connectivity index (χ3n) is 1.35. The fraction of sp³-hybridized carbons (Fsp3) is 0.400. The van der Waals surface area contributed by atoms with Crippen molar-refractivity contribution >= 4 is 11.6 Å². The van der Waals surface area contributed by atoms with E-state index >= 15 is 0 Å². The van der Waals surface area contributed by atoms with E-state index in [0.717, 1.165) is 0 Å². The van der Waals surface area contributed by atoms with Crippen LogP contribution in [0.5, 0.6) is 0 Å². The molecule has 0 aliphatic heterocycles. The molecule has 0 atom stereocenters. The minimum atomic E-state index is -4.16. The third kappa shape index (κ3) is 11.2. The molecule has 0 radical (unpaired) electrons. The molecule has 0 aliphatic carbocycles. The van der Waals surface area contributed by atoms with Crippen molar-refractivity contribution in [3.05, 3.63) is 35.9 Å². The summed E-state index contributed by atoms with van der Waals surface area (Å²) in [5.41, 5.74) is 4.87. The van der Waals surface area contributed by atoms with Crippen LogP contribution in [0.4, 0.5) is 13.2 Å². The third-order valence-corrected chi connectivity index (χ3v) is 1.59. The molecule has 5 heteroatoms. The molecular formula is C10H15ClF3N. The van der Waals surface area contributed by atoms with Gasteiger partial charge in [-0.15, -0.1) is 0 Å². The maximum absolute atomic E-state index is 11.8. The maximum atomic E-state index is 11.8. The Morgan fingerprint density at radius 2 is 1.87 bits per heavy atom. The number of allylic oxidation sites excluding steroid dienone is 4. The van der Waals surface area contributed by atoms with E-state index in [1.807, 2.05) is 0 Å². The van der Waals surface area contributed by atoms with Crippen LogP contribution >= 0.6 is 11.6 Å². The van der Waals surface area contributed by atoms with Gasteiger partial charge < -0.3 is 5.73 Å². The van der Waals surface area contributed by atoms with Crippen molar-refractivity contribution in [2.24, 2.45) is 5.73 Å². The summed E-state index contributed by atoms with van der Waals surface area (Å²) in [7, 11) is 1.50. The highest BCUT2D eigenvalue weighted by atomic mass is 35.5. The summed E-state index contributed by atoms with van der Waals surface area (Å²) in [6, 6.07) is 0. The lowest BCUT2D eigenvalue weighted by Gasteiger charge is -2.07. The molecule has 0 heterocycles. The molecule has 0 spiro atoms. The van der Waals surface area contributed by atoms with Gasteiger partial charge >= 0.3 is 6.18 Å². The van der Waals surface area contributed by atoms with Crippen molar-refractivity contribution in [1.82, 2.24) is 0 Å². The number of halogens is 4. The van der Waals surface area contributed by atoms with Gasteiger partial charge in [0.25, 0.3) is 0 Å². The van der Waals surface area contributed by atoms with Crippen LogP contribution in [0.25, 0.3) is 0 Å². The van der Waals surface area contributed by atoms with Gasteiger partial charge in [0.1, 0.15) is 0 Å². The molecule has 2 N–H and O–H groups in total. The van der Waals surface area contributed by atoms with Crippen LogP contribution in [-0.2, 0) is 0 Å². The number of rotatable bonds is 4. The van der Waals surface area contributed by atoms with Crippen molar-refractivity contribution < 1.29 is 13.2 Å². The predicted octanol–water partition coefficient (Wildman–Crippen LogP) is 3.77. The van der Waals surface area contributed by atoms with E-state index < -0.39 is 12.6 Å². The van der Waals surface area contributed by atoms with Crippen molar-refractivity contribution in [3.63, 3.8) is 0 Å². The predicted molar refractivity (Wildman–Crippen MR) is 58.7 cm³/mol. The SMILES string of the molecule is C=C/C=C(/CCC(F)(F)F)C(=C)Cl.CN. The fourth-order valence-corrected chi connectivity index (χ4v) is 0.886. The van der Waals surface area contributed by atoms with Crippen LogP contribution in [0.15, 0.2) is 35.9 Å². The molecule has 0 aromatic rings. The Kier molecular flexibility index (Phi) is 9.52. The van der Waals surface area contributed by atoms with Gasteiger partial charge in [-0.3, -0.25) is 0 Å². The van der Waals surface area contributed by atoms with E-state index in [-0.39, 0.29) is 11.5 Å². The Balaban J connectivity index is 0. The van der Waals surface area contributed by atoms with E-state index in [9.17, 15) is 13.2 Å². The van der Waals surface area contributed by atoms with Gasteiger partial charge in [0, 0.05) is 11.5 Å². The van der Waals surface area contributed by atoms with Crippen LogP contribution in [-0.4, -0.2) is 13.2 Å². The summed E-state index contributed by atoms with van der Waals surface area (Å²) < 4.78 is 35.4. The molecule has 0 rings (SSSR count). The zero-order valence-corrected chi connectivity index (χ0v) is 9.33. The molecule has 0 amide bonds. The first kappa shape index (κ1) is 16.7. The molecule has 0 saturated carbocycles. The highest BCUT2D eigenvalue weighted by molar-refractivity contribution is 6.31. The Labute approximate surface area is 93.1 Å². The molecule has 0 aromatic carbocycles. The van der Waals surface area contributed by atoms with Crippen LogP contribution in [0.3, 0.4) is 0 Å². The van der Waals surface area contributed by atoms with Crippen LogP contribution < -0.4 is 5.73 Å². The summed E-state index contributed by atoms with van der Waals surface area (Å²) in [4.78, 5) is 0. The van der Waals surface area contributed by atoms with Gasteiger partial charge in [-0.2, -0.15) is 13.2 Å². The Hall–Kier alpha value is -0.740. The average molecular weight is 242 g/mol. The van der Waals surface area contributed by atoms with Crippen molar-refractivity contribution in [3.8, 4) is 0 Å². The van der Waals surface area contributed by atoms with E-state index in [0.29, 0.717) is 5.57 Å². The van der Waals surface area contributed by atoms with Gasteiger partial charge in [-0.05, 0) is 19.0 Å². The normalized spacial score (nSPS) is 11.5. The molecule has 0 aromatic heterocycles. The van der Waals surface area contributed by atoms with Crippen LogP contribution in [0, 0.1) is 0 Å². The topological polar surface area (TPSA) is 26.0 Å². The zero-order chi connectivity index (χ0) is 12.5.